The number of benzene rings is 1. The van der Waals surface area contributed by atoms with Gasteiger partial charge in [0.1, 0.15) is 5.82 Å². The summed E-state index contributed by atoms with van der Waals surface area (Å²) in [5, 5.41) is 0. The molecule has 0 unspecified atom stereocenters. The highest BCUT2D eigenvalue weighted by Gasteiger charge is 1.99. The molecule has 2 N–H and O–H groups in total. The van der Waals surface area contributed by atoms with Crippen molar-refractivity contribution in [1.82, 2.24) is 0 Å². The molecule has 1 aromatic rings. The average molecular weight is 179 g/mol. The zero-order chi connectivity index (χ0) is 9.84. The standard InChI is InChI=1S/C11H14FN/c1-8(5-6-13)10-4-3-9(2)11(12)7-10/h3-5,7H,6,13H2,1-2H3. The highest BCUT2D eigenvalue weighted by atomic mass is 19.1. The van der Waals surface area contributed by atoms with Gasteiger partial charge in [-0.1, -0.05) is 18.2 Å². The summed E-state index contributed by atoms with van der Waals surface area (Å²) in [6, 6.07) is 5.22. The first-order valence-corrected chi connectivity index (χ1v) is 4.28. The van der Waals surface area contributed by atoms with Gasteiger partial charge < -0.3 is 5.73 Å². The molecular weight excluding hydrogens is 165 g/mol. The Bertz CT molecular complexity index is 329. The highest BCUT2D eigenvalue weighted by Crippen LogP contribution is 2.16. The summed E-state index contributed by atoms with van der Waals surface area (Å²) in [5.74, 6) is -0.165. The van der Waals surface area contributed by atoms with Gasteiger partial charge in [0.05, 0.1) is 0 Å². The summed E-state index contributed by atoms with van der Waals surface area (Å²) < 4.78 is 13.1. The lowest BCUT2D eigenvalue weighted by Gasteiger charge is -2.02. The van der Waals surface area contributed by atoms with Crippen molar-refractivity contribution in [2.45, 2.75) is 13.8 Å². The summed E-state index contributed by atoms with van der Waals surface area (Å²) >= 11 is 0. The van der Waals surface area contributed by atoms with Gasteiger partial charge in [-0.25, -0.2) is 4.39 Å². The lowest BCUT2D eigenvalue weighted by molar-refractivity contribution is 0.618. The van der Waals surface area contributed by atoms with E-state index in [9.17, 15) is 4.39 Å². The summed E-state index contributed by atoms with van der Waals surface area (Å²) in [7, 11) is 0. The molecule has 0 saturated carbocycles. The maximum absolute atomic E-state index is 13.1. The Kier molecular flexibility index (Phi) is 3.20. The Morgan fingerprint density at radius 3 is 2.77 bits per heavy atom. The SMILES string of the molecule is CC(=CCN)c1ccc(C)c(F)c1. The zero-order valence-corrected chi connectivity index (χ0v) is 7.97. The van der Waals surface area contributed by atoms with Crippen molar-refractivity contribution in [3.05, 3.63) is 41.2 Å². The van der Waals surface area contributed by atoms with Crippen LogP contribution >= 0.6 is 0 Å². The third-order valence-corrected chi connectivity index (χ3v) is 2.05. The predicted molar refractivity (Wildman–Crippen MR) is 53.8 cm³/mol. The van der Waals surface area contributed by atoms with E-state index in [2.05, 4.69) is 0 Å². The second-order valence-corrected chi connectivity index (χ2v) is 3.09. The third-order valence-electron chi connectivity index (χ3n) is 2.05. The molecule has 0 aliphatic carbocycles. The number of hydrogen-bond acceptors (Lipinski definition) is 1. The van der Waals surface area contributed by atoms with Crippen molar-refractivity contribution in [3.63, 3.8) is 0 Å². The van der Waals surface area contributed by atoms with Crippen LogP contribution in [0.5, 0.6) is 0 Å². The molecule has 0 fully saturated rings. The van der Waals surface area contributed by atoms with E-state index in [4.69, 9.17) is 5.73 Å². The molecule has 0 amide bonds. The molecule has 0 radical (unpaired) electrons. The molecule has 1 rings (SSSR count). The fourth-order valence-corrected chi connectivity index (χ4v) is 1.13. The van der Waals surface area contributed by atoms with Crippen molar-refractivity contribution in [2.24, 2.45) is 5.73 Å². The Hall–Kier alpha value is -1.15. The van der Waals surface area contributed by atoms with Gasteiger partial charge in [-0.05, 0) is 36.6 Å². The molecule has 0 aromatic heterocycles. The van der Waals surface area contributed by atoms with Gasteiger partial charge in [0.25, 0.3) is 0 Å². The van der Waals surface area contributed by atoms with Crippen LogP contribution in [0, 0.1) is 12.7 Å². The molecule has 0 bridgehead atoms. The maximum atomic E-state index is 13.1. The number of allylic oxidation sites excluding steroid dienone is 1. The molecule has 0 aliphatic rings. The van der Waals surface area contributed by atoms with E-state index in [0.717, 1.165) is 11.1 Å². The Morgan fingerprint density at radius 2 is 2.23 bits per heavy atom. The molecule has 1 nitrogen and oxygen atoms in total. The predicted octanol–water partition coefficient (Wildman–Crippen LogP) is 2.50. The van der Waals surface area contributed by atoms with Crippen LogP contribution in [0.25, 0.3) is 5.57 Å². The van der Waals surface area contributed by atoms with Crippen LogP contribution in [0.3, 0.4) is 0 Å². The van der Waals surface area contributed by atoms with Gasteiger partial charge in [0.2, 0.25) is 0 Å². The Labute approximate surface area is 78.1 Å². The number of halogens is 1. The number of rotatable bonds is 2. The molecule has 13 heavy (non-hydrogen) atoms. The summed E-state index contributed by atoms with van der Waals surface area (Å²) in [4.78, 5) is 0. The molecule has 0 aliphatic heterocycles. The summed E-state index contributed by atoms with van der Waals surface area (Å²) in [5.41, 5.74) is 7.95. The normalized spacial score (nSPS) is 11.8. The van der Waals surface area contributed by atoms with Gasteiger partial charge in [-0.3, -0.25) is 0 Å². The molecule has 2 heteroatoms. The van der Waals surface area contributed by atoms with Crippen LogP contribution in [-0.4, -0.2) is 6.54 Å². The van der Waals surface area contributed by atoms with Crippen LogP contribution in [0.1, 0.15) is 18.1 Å². The van der Waals surface area contributed by atoms with Crippen molar-refractivity contribution in [2.75, 3.05) is 6.54 Å². The van der Waals surface area contributed by atoms with Crippen molar-refractivity contribution >= 4 is 5.57 Å². The van der Waals surface area contributed by atoms with E-state index in [0.29, 0.717) is 12.1 Å². The highest BCUT2D eigenvalue weighted by molar-refractivity contribution is 5.64. The lowest BCUT2D eigenvalue weighted by Crippen LogP contribution is -1.95. The first kappa shape index (κ1) is 9.93. The van der Waals surface area contributed by atoms with E-state index in [1.807, 2.05) is 19.1 Å². The second-order valence-electron chi connectivity index (χ2n) is 3.09. The minimum Gasteiger partial charge on any atom is -0.327 e. The van der Waals surface area contributed by atoms with Crippen molar-refractivity contribution < 1.29 is 4.39 Å². The molecule has 1 aromatic carbocycles. The first-order valence-electron chi connectivity index (χ1n) is 4.28. The zero-order valence-electron chi connectivity index (χ0n) is 7.97. The number of aryl methyl sites for hydroxylation is 1. The van der Waals surface area contributed by atoms with Crippen LogP contribution < -0.4 is 5.73 Å². The van der Waals surface area contributed by atoms with Gasteiger partial charge in [0, 0.05) is 6.54 Å². The lowest BCUT2D eigenvalue weighted by atomic mass is 10.1. The number of nitrogens with two attached hydrogens (primary N) is 1. The fourth-order valence-electron chi connectivity index (χ4n) is 1.13. The van der Waals surface area contributed by atoms with Gasteiger partial charge in [0.15, 0.2) is 0 Å². The van der Waals surface area contributed by atoms with E-state index in [-0.39, 0.29) is 5.82 Å². The monoisotopic (exact) mass is 179 g/mol. The molecule has 70 valence electrons. The minimum absolute atomic E-state index is 0.165. The Balaban J connectivity index is 3.04. The first-order chi connectivity index (χ1) is 6.15. The van der Waals surface area contributed by atoms with Crippen molar-refractivity contribution in [1.29, 1.82) is 0 Å². The quantitative estimate of drug-likeness (QED) is 0.741. The van der Waals surface area contributed by atoms with Crippen LogP contribution in [-0.2, 0) is 0 Å². The number of hydrogen-bond donors (Lipinski definition) is 1. The molecule has 0 spiro atoms. The van der Waals surface area contributed by atoms with Crippen LogP contribution in [0.2, 0.25) is 0 Å². The van der Waals surface area contributed by atoms with E-state index >= 15 is 0 Å². The topological polar surface area (TPSA) is 26.0 Å². The molecule has 0 saturated heterocycles. The average Bonchev–Trinajstić information content (AvgIpc) is 2.10. The largest absolute Gasteiger partial charge is 0.327 e. The van der Waals surface area contributed by atoms with Gasteiger partial charge >= 0.3 is 0 Å². The van der Waals surface area contributed by atoms with E-state index in [1.54, 1.807) is 13.0 Å². The van der Waals surface area contributed by atoms with E-state index < -0.39 is 0 Å². The summed E-state index contributed by atoms with van der Waals surface area (Å²) in [6.07, 6.45) is 1.88. The smallest absolute Gasteiger partial charge is 0.126 e. The third kappa shape index (κ3) is 2.39. The fraction of sp³-hybridized carbons (Fsp3) is 0.273. The van der Waals surface area contributed by atoms with Crippen LogP contribution in [0.15, 0.2) is 24.3 Å². The second kappa shape index (κ2) is 4.19. The molecular formula is C11H14FN. The molecule has 0 atom stereocenters. The molecule has 0 heterocycles. The van der Waals surface area contributed by atoms with Crippen molar-refractivity contribution in [3.8, 4) is 0 Å². The summed E-state index contributed by atoms with van der Waals surface area (Å²) in [6.45, 7) is 4.17. The van der Waals surface area contributed by atoms with Gasteiger partial charge in [-0.15, -0.1) is 0 Å². The Morgan fingerprint density at radius 1 is 1.54 bits per heavy atom. The van der Waals surface area contributed by atoms with Gasteiger partial charge in [-0.2, -0.15) is 0 Å². The van der Waals surface area contributed by atoms with Crippen LogP contribution in [0.4, 0.5) is 4.39 Å². The maximum Gasteiger partial charge on any atom is 0.126 e. The van der Waals surface area contributed by atoms with E-state index in [1.165, 1.54) is 6.07 Å². The minimum atomic E-state index is -0.165.